The van der Waals surface area contributed by atoms with E-state index in [9.17, 15) is 13.2 Å². The van der Waals surface area contributed by atoms with Crippen molar-refractivity contribution in [3.8, 4) is 5.82 Å². The van der Waals surface area contributed by atoms with Crippen LogP contribution in [-0.2, 0) is 10.9 Å². The lowest BCUT2D eigenvalue weighted by atomic mass is 9.96. The molecule has 3 aromatic heterocycles. The predicted molar refractivity (Wildman–Crippen MR) is 130 cm³/mol. The minimum atomic E-state index is -4.63. The first kappa shape index (κ1) is 23.5. The van der Waals surface area contributed by atoms with Crippen molar-refractivity contribution in [2.24, 2.45) is 0 Å². The predicted octanol–water partition coefficient (Wildman–Crippen LogP) is 3.45. The highest BCUT2D eigenvalue weighted by Crippen LogP contribution is 2.44. The molecule has 9 nitrogen and oxygen atoms in total. The van der Waals surface area contributed by atoms with Gasteiger partial charge in [0, 0.05) is 30.8 Å². The Morgan fingerprint density at radius 3 is 2.50 bits per heavy atom. The van der Waals surface area contributed by atoms with Crippen LogP contribution in [0.25, 0.3) is 16.9 Å². The Hall–Kier alpha value is -2.86. The highest BCUT2D eigenvalue weighted by Gasteiger charge is 2.43. The van der Waals surface area contributed by atoms with Gasteiger partial charge in [-0.2, -0.15) is 28.1 Å². The molecule has 1 N–H and O–H groups in total. The Morgan fingerprint density at radius 1 is 1.14 bits per heavy atom. The van der Waals surface area contributed by atoms with Crippen molar-refractivity contribution in [3.05, 3.63) is 24.0 Å². The lowest BCUT2D eigenvalue weighted by Gasteiger charge is -2.42. The summed E-state index contributed by atoms with van der Waals surface area (Å²) in [6, 6.07) is 4.25. The van der Waals surface area contributed by atoms with Gasteiger partial charge in [-0.1, -0.05) is 0 Å². The first-order valence-electron chi connectivity index (χ1n) is 12.5. The number of fused-ring (bicyclic) bond motifs is 3. The third kappa shape index (κ3) is 3.81. The smallest absolute Gasteiger partial charge is 0.377 e. The molecule has 2 bridgehead atoms. The molecule has 0 amide bonds. The first-order chi connectivity index (χ1) is 17.2. The average Bonchev–Trinajstić information content (AvgIpc) is 3.54. The maximum absolute atomic E-state index is 14.4. The Labute approximate surface area is 207 Å². The van der Waals surface area contributed by atoms with E-state index in [1.54, 1.807) is 6.07 Å². The van der Waals surface area contributed by atoms with Crippen molar-refractivity contribution in [2.45, 2.75) is 63.0 Å². The number of piperidine rings is 1. The van der Waals surface area contributed by atoms with Gasteiger partial charge in [-0.25, -0.2) is 4.98 Å². The van der Waals surface area contributed by atoms with Gasteiger partial charge in [-0.05, 0) is 46.7 Å². The van der Waals surface area contributed by atoms with Gasteiger partial charge in [0.25, 0.3) is 0 Å². The molecule has 0 aliphatic carbocycles. The third-order valence-corrected chi connectivity index (χ3v) is 7.98. The number of hydrogen-bond acceptors (Lipinski definition) is 7. The van der Waals surface area contributed by atoms with Gasteiger partial charge in [-0.3, -0.25) is 5.10 Å². The number of nitrogens with one attached hydrogen (secondary N) is 1. The molecule has 2 unspecified atom stereocenters. The average molecular weight is 505 g/mol. The van der Waals surface area contributed by atoms with E-state index in [4.69, 9.17) is 9.72 Å². The molecule has 4 atom stereocenters. The largest absolute Gasteiger partial charge is 0.435 e. The second kappa shape index (κ2) is 8.62. The molecule has 12 heteroatoms. The van der Waals surface area contributed by atoms with Gasteiger partial charge in [-0.15, -0.1) is 0 Å². The van der Waals surface area contributed by atoms with Crippen molar-refractivity contribution in [2.75, 3.05) is 43.7 Å². The summed E-state index contributed by atoms with van der Waals surface area (Å²) in [5.41, 5.74) is -0.191. The van der Waals surface area contributed by atoms with E-state index in [1.165, 1.54) is 10.9 Å². The number of ether oxygens (including phenoxy) is 1. The summed E-state index contributed by atoms with van der Waals surface area (Å²) in [7, 11) is 4.11. The second-order valence-electron chi connectivity index (χ2n) is 10.4. The Morgan fingerprint density at radius 2 is 1.89 bits per heavy atom. The number of alkyl halides is 3. The molecule has 0 spiro atoms. The molecule has 3 aliphatic rings. The number of halogens is 3. The number of nitrogens with zero attached hydrogens (tertiary/aromatic N) is 7. The van der Waals surface area contributed by atoms with Crippen molar-refractivity contribution in [3.63, 3.8) is 0 Å². The highest BCUT2D eigenvalue weighted by molar-refractivity contribution is 5.95. The van der Waals surface area contributed by atoms with Crippen LogP contribution in [0.3, 0.4) is 0 Å². The van der Waals surface area contributed by atoms with Gasteiger partial charge < -0.3 is 19.4 Å². The van der Waals surface area contributed by atoms with E-state index in [1.807, 2.05) is 6.07 Å². The topological polar surface area (TPSA) is 78.3 Å². The maximum atomic E-state index is 14.4. The molecule has 3 fully saturated rings. The molecule has 3 saturated heterocycles. The molecule has 0 radical (unpaired) electrons. The zero-order valence-electron chi connectivity index (χ0n) is 20.7. The third-order valence-electron chi connectivity index (χ3n) is 7.98. The van der Waals surface area contributed by atoms with Gasteiger partial charge in [0.05, 0.1) is 42.6 Å². The van der Waals surface area contributed by atoms with E-state index in [0.717, 1.165) is 25.7 Å². The molecular formula is C24H31F3N8O. The summed E-state index contributed by atoms with van der Waals surface area (Å²) in [5, 5.41) is 10.8. The highest BCUT2D eigenvalue weighted by atomic mass is 19.4. The number of pyridine rings is 1. The van der Waals surface area contributed by atoms with Crippen LogP contribution < -0.4 is 9.80 Å². The zero-order valence-corrected chi connectivity index (χ0v) is 20.7. The molecule has 0 saturated carbocycles. The molecule has 194 valence electrons. The van der Waals surface area contributed by atoms with Gasteiger partial charge >= 0.3 is 6.18 Å². The second-order valence-corrected chi connectivity index (χ2v) is 10.4. The molecule has 6 heterocycles. The van der Waals surface area contributed by atoms with Crippen molar-refractivity contribution in [1.29, 1.82) is 0 Å². The minimum Gasteiger partial charge on any atom is -0.377 e. The Bertz CT molecular complexity index is 1220. The lowest BCUT2D eigenvalue weighted by molar-refractivity contribution is -0.140. The normalized spacial score (nSPS) is 27.0. The monoisotopic (exact) mass is 504 g/mol. The van der Waals surface area contributed by atoms with Crippen LogP contribution in [0.5, 0.6) is 0 Å². The number of anilines is 2. The van der Waals surface area contributed by atoms with E-state index in [-0.39, 0.29) is 29.2 Å². The molecular weight excluding hydrogens is 473 g/mol. The molecule has 3 aromatic rings. The minimum absolute atomic E-state index is 0.0385. The summed E-state index contributed by atoms with van der Waals surface area (Å²) in [6.45, 7) is 3.95. The summed E-state index contributed by atoms with van der Waals surface area (Å²) in [4.78, 5) is 11.4. The number of aromatic amines is 1. The molecule has 3 aliphatic heterocycles. The van der Waals surface area contributed by atoms with Crippen LogP contribution in [-0.4, -0.2) is 87.9 Å². The van der Waals surface area contributed by atoms with E-state index in [2.05, 4.69) is 51.0 Å². The lowest BCUT2D eigenvalue weighted by Crippen LogP contribution is -2.48. The Balaban J connectivity index is 1.57. The van der Waals surface area contributed by atoms with Gasteiger partial charge in [0.2, 0.25) is 0 Å². The fraction of sp³-hybridized carbons (Fsp3) is 0.625. The fourth-order valence-electron chi connectivity index (χ4n) is 6.15. The SMILES string of the molecule is C[C@@H]1C[C@@H](N(C)C)CCN1c1cc(N2C3CCC2COC3)nc2c1c(C(F)(F)F)nn2-c1ccn[nH]1. The van der Waals surface area contributed by atoms with E-state index < -0.39 is 11.9 Å². The molecule has 0 aromatic carbocycles. The van der Waals surface area contributed by atoms with Gasteiger partial charge in [0.1, 0.15) is 5.82 Å². The zero-order chi connectivity index (χ0) is 25.2. The van der Waals surface area contributed by atoms with Crippen LogP contribution >= 0.6 is 0 Å². The number of rotatable bonds is 4. The summed E-state index contributed by atoms with van der Waals surface area (Å²) in [5.74, 6) is 1.03. The molecule has 6 rings (SSSR count). The van der Waals surface area contributed by atoms with Crippen LogP contribution in [0.4, 0.5) is 24.7 Å². The number of H-pyrrole nitrogens is 1. The van der Waals surface area contributed by atoms with Gasteiger partial charge in [0.15, 0.2) is 17.2 Å². The van der Waals surface area contributed by atoms with Crippen molar-refractivity contribution >= 4 is 22.5 Å². The first-order valence-corrected chi connectivity index (χ1v) is 12.5. The van der Waals surface area contributed by atoms with Crippen molar-refractivity contribution < 1.29 is 17.9 Å². The Kier molecular flexibility index (Phi) is 5.63. The quantitative estimate of drug-likeness (QED) is 0.583. The number of hydrogen-bond donors (Lipinski definition) is 1. The van der Waals surface area contributed by atoms with Crippen LogP contribution in [0.15, 0.2) is 18.3 Å². The van der Waals surface area contributed by atoms with Crippen molar-refractivity contribution in [1.82, 2.24) is 29.9 Å². The summed E-state index contributed by atoms with van der Waals surface area (Å²) in [6.07, 6.45) is 0.568. The van der Waals surface area contributed by atoms with E-state index >= 15 is 0 Å². The maximum Gasteiger partial charge on any atom is 0.435 e. The van der Waals surface area contributed by atoms with E-state index in [0.29, 0.717) is 43.1 Å². The van der Waals surface area contributed by atoms with Crippen LogP contribution in [0, 0.1) is 0 Å². The van der Waals surface area contributed by atoms with Crippen LogP contribution in [0.2, 0.25) is 0 Å². The number of aromatic nitrogens is 5. The van der Waals surface area contributed by atoms with Crippen LogP contribution in [0.1, 0.15) is 38.3 Å². The fourth-order valence-corrected chi connectivity index (χ4v) is 6.15. The molecule has 36 heavy (non-hydrogen) atoms. The summed E-state index contributed by atoms with van der Waals surface area (Å²) < 4.78 is 50.2. The summed E-state index contributed by atoms with van der Waals surface area (Å²) >= 11 is 0. The number of morpholine rings is 1. The standard InChI is InChI=1S/C24H31F3N8O/c1-14-10-15(32(2)3)7-9-33(14)18-11-20(34-16-4-5-17(34)13-36-12-16)29-23-21(18)22(24(25,26)27)31-35(23)19-6-8-28-30-19/h6,8,11,14-17H,4-5,7,9-10,12-13H2,1-3H3,(H,28,30)/t14-,15+,16?,17?/m1/s1.